The van der Waals surface area contributed by atoms with E-state index in [4.69, 9.17) is 14.3 Å². The third-order valence-corrected chi connectivity index (χ3v) is 3.73. The van der Waals surface area contributed by atoms with Gasteiger partial charge in [-0.05, 0) is 18.1 Å². The van der Waals surface area contributed by atoms with E-state index in [1.165, 1.54) is 11.3 Å². The average Bonchev–Trinajstić information content (AvgIpc) is 3.01. The van der Waals surface area contributed by atoms with Gasteiger partial charge in [0.05, 0.1) is 6.61 Å². The van der Waals surface area contributed by atoms with E-state index in [1.54, 1.807) is 13.3 Å². The molecule has 0 fully saturated rings. The molecule has 0 unspecified atom stereocenters. The summed E-state index contributed by atoms with van der Waals surface area (Å²) in [6.45, 7) is 1.02. The number of aromatic nitrogens is 1. The molecule has 1 aromatic carbocycles. The summed E-state index contributed by atoms with van der Waals surface area (Å²) in [6.07, 6.45) is 2.84. The zero-order valence-corrected chi connectivity index (χ0v) is 11.7. The number of carbonyl (C=O) groups is 1. The summed E-state index contributed by atoms with van der Waals surface area (Å²) < 4.78 is 10.8. The molecule has 0 spiro atoms. The van der Waals surface area contributed by atoms with E-state index in [-0.39, 0.29) is 5.92 Å². The fraction of sp³-hybridized carbons (Fsp3) is 0.333. The first-order valence-corrected chi connectivity index (χ1v) is 6.75. The molecule has 1 aliphatic heterocycles. The minimum atomic E-state index is -0.921. The standard InChI is InChI=1S/C15H16N2O4/c1-17(15(18)19)7-10-5-6-21-14-11(10)3-2-4-12(14)13-8-20-9-16-13/h2-4,8-10H,5-7H2,1H3,(H,18,19)/t10-/m0/s1. The van der Waals surface area contributed by atoms with E-state index in [0.717, 1.165) is 29.0 Å². The molecule has 1 amide bonds. The first kappa shape index (κ1) is 13.5. The van der Waals surface area contributed by atoms with Gasteiger partial charge in [0, 0.05) is 25.1 Å². The van der Waals surface area contributed by atoms with Crippen LogP contribution in [0, 0.1) is 0 Å². The number of ether oxygens (including phenoxy) is 1. The average molecular weight is 288 g/mol. The lowest BCUT2D eigenvalue weighted by molar-refractivity contribution is 0.149. The predicted molar refractivity (Wildman–Crippen MR) is 75.4 cm³/mol. The molecule has 1 atom stereocenters. The maximum absolute atomic E-state index is 11.0. The van der Waals surface area contributed by atoms with Crippen LogP contribution in [0.2, 0.25) is 0 Å². The third kappa shape index (κ3) is 2.56. The van der Waals surface area contributed by atoms with Gasteiger partial charge in [-0.1, -0.05) is 12.1 Å². The number of hydrogen-bond donors (Lipinski definition) is 1. The lowest BCUT2D eigenvalue weighted by atomic mass is 9.90. The number of carboxylic acid groups (broad SMARTS) is 1. The van der Waals surface area contributed by atoms with Gasteiger partial charge < -0.3 is 19.2 Å². The van der Waals surface area contributed by atoms with Crippen molar-refractivity contribution >= 4 is 6.09 Å². The highest BCUT2D eigenvalue weighted by Crippen LogP contribution is 2.40. The van der Waals surface area contributed by atoms with E-state index in [2.05, 4.69) is 4.98 Å². The fourth-order valence-electron chi connectivity index (χ4n) is 2.64. The summed E-state index contributed by atoms with van der Waals surface area (Å²) in [5.41, 5.74) is 2.62. The second-order valence-corrected chi connectivity index (χ2v) is 5.09. The molecular weight excluding hydrogens is 272 g/mol. The fourth-order valence-corrected chi connectivity index (χ4v) is 2.64. The molecular formula is C15H16N2O4. The van der Waals surface area contributed by atoms with Crippen LogP contribution < -0.4 is 4.74 Å². The number of hydrogen-bond acceptors (Lipinski definition) is 4. The summed E-state index contributed by atoms with van der Waals surface area (Å²) in [6, 6.07) is 5.85. The summed E-state index contributed by atoms with van der Waals surface area (Å²) in [4.78, 5) is 16.5. The Morgan fingerprint density at radius 1 is 1.52 bits per heavy atom. The van der Waals surface area contributed by atoms with Crippen molar-refractivity contribution in [3.63, 3.8) is 0 Å². The second kappa shape index (κ2) is 5.47. The van der Waals surface area contributed by atoms with E-state index in [9.17, 15) is 4.79 Å². The van der Waals surface area contributed by atoms with Crippen LogP contribution in [0.25, 0.3) is 11.3 Å². The minimum Gasteiger partial charge on any atom is -0.493 e. The van der Waals surface area contributed by atoms with Gasteiger partial charge in [-0.2, -0.15) is 0 Å². The predicted octanol–water partition coefficient (Wildman–Crippen LogP) is 2.82. The maximum Gasteiger partial charge on any atom is 0.407 e. The highest BCUT2D eigenvalue weighted by Gasteiger charge is 2.26. The van der Waals surface area contributed by atoms with Crippen LogP contribution in [0.1, 0.15) is 17.9 Å². The molecule has 1 N–H and O–H groups in total. The molecule has 0 saturated carbocycles. The van der Waals surface area contributed by atoms with E-state index < -0.39 is 6.09 Å². The van der Waals surface area contributed by atoms with E-state index in [0.29, 0.717) is 13.2 Å². The van der Waals surface area contributed by atoms with Gasteiger partial charge in [0.1, 0.15) is 17.7 Å². The van der Waals surface area contributed by atoms with Crippen LogP contribution >= 0.6 is 0 Å². The quantitative estimate of drug-likeness (QED) is 0.939. The summed E-state index contributed by atoms with van der Waals surface area (Å²) >= 11 is 0. The number of oxazole rings is 1. The SMILES string of the molecule is CN(C[C@@H]1CCOc2c(-c3cocn3)cccc21)C(=O)O. The molecule has 21 heavy (non-hydrogen) atoms. The number of benzene rings is 1. The van der Waals surface area contributed by atoms with Crippen molar-refractivity contribution in [1.82, 2.24) is 9.88 Å². The Morgan fingerprint density at radius 2 is 2.38 bits per heavy atom. The minimum absolute atomic E-state index is 0.127. The Labute approximate surface area is 122 Å². The number of nitrogens with zero attached hydrogens (tertiary/aromatic N) is 2. The molecule has 0 radical (unpaired) electrons. The van der Waals surface area contributed by atoms with Crippen LogP contribution in [0.15, 0.2) is 35.3 Å². The van der Waals surface area contributed by atoms with Gasteiger partial charge >= 0.3 is 6.09 Å². The largest absolute Gasteiger partial charge is 0.493 e. The number of rotatable bonds is 3. The Kier molecular flexibility index (Phi) is 3.51. The number of fused-ring (bicyclic) bond motifs is 1. The van der Waals surface area contributed by atoms with Gasteiger partial charge in [0.15, 0.2) is 6.39 Å². The van der Waals surface area contributed by atoms with Crippen LogP contribution in [-0.2, 0) is 0 Å². The highest BCUT2D eigenvalue weighted by atomic mass is 16.5. The molecule has 3 rings (SSSR count). The third-order valence-electron chi connectivity index (χ3n) is 3.73. The molecule has 0 aliphatic carbocycles. The van der Waals surface area contributed by atoms with Crippen LogP contribution in [0.5, 0.6) is 5.75 Å². The first-order valence-electron chi connectivity index (χ1n) is 6.75. The Balaban J connectivity index is 1.95. The van der Waals surface area contributed by atoms with Crippen LogP contribution in [0.4, 0.5) is 4.79 Å². The zero-order chi connectivity index (χ0) is 14.8. The van der Waals surface area contributed by atoms with Crippen molar-refractivity contribution in [2.24, 2.45) is 0 Å². The van der Waals surface area contributed by atoms with Gasteiger partial charge in [0.25, 0.3) is 0 Å². The Morgan fingerprint density at radius 3 is 3.10 bits per heavy atom. The van der Waals surface area contributed by atoms with Gasteiger partial charge in [-0.3, -0.25) is 0 Å². The normalized spacial score (nSPS) is 16.9. The number of para-hydroxylation sites is 1. The maximum atomic E-state index is 11.0. The topological polar surface area (TPSA) is 75.8 Å². The van der Waals surface area contributed by atoms with Crippen molar-refractivity contribution < 1.29 is 19.1 Å². The zero-order valence-electron chi connectivity index (χ0n) is 11.7. The van der Waals surface area contributed by atoms with E-state index in [1.807, 2.05) is 18.2 Å². The summed E-state index contributed by atoms with van der Waals surface area (Å²) in [5, 5.41) is 9.04. The van der Waals surface area contributed by atoms with Crippen molar-refractivity contribution in [2.75, 3.05) is 20.2 Å². The molecule has 2 aromatic rings. The summed E-state index contributed by atoms with van der Waals surface area (Å²) in [5.74, 6) is 0.906. The molecule has 110 valence electrons. The number of likely N-dealkylation sites (N-methyl/N-ethyl adjacent to an activating group) is 1. The molecule has 1 aromatic heterocycles. The monoisotopic (exact) mass is 288 g/mol. The smallest absolute Gasteiger partial charge is 0.407 e. The van der Waals surface area contributed by atoms with Crippen molar-refractivity contribution in [3.05, 3.63) is 36.4 Å². The van der Waals surface area contributed by atoms with Crippen molar-refractivity contribution in [1.29, 1.82) is 0 Å². The highest BCUT2D eigenvalue weighted by molar-refractivity contribution is 5.69. The van der Waals surface area contributed by atoms with Crippen molar-refractivity contribution in [2.45, 2.75) is 12.3 Å². The summed E-state index contributed by atoms with van der Waals surface area (Å²) in [7, 11) is 1.58. The van der Waals surface area contributed by atoms with Crippen LogP contribution in [0.3, 0.4) is 0 Å². The van der Waals surface area contributed by atoms with Crippen molar-refractivity contribution in [3.8, 4) is 17.0 Å². The Bertz CT molecular complexity index is 639. The van der Waals surface area contributed by atoms with Gasteiger partial charge in [-0.25, -0.2) is 9.78 Å². The molecule has 6 nitrogen and oxygen atoms in total. The molecule has 2 heterocycles. The lowest BCUT2D eigenvalue weighted by Crippen LogP contribution is -2.31. The molecule has 0 bridgehead atoms. The lowest BCUT2D eigenvalue weighted by Gasteiger charge is -2.29. The second-order valence-electron chi connectivity index (χ2n) is 5.09. The number of amides is 1. The first-order chi connectivity index (χ1) is 10.2. The van der Waals surface area contributed by atoms with E-state index >= 15 is 0 Å². The Hall–Kier alpha value is -2.50. The van der Waals surface area contributed by atoms with Gasteiger partial charge in [-0.15, -0.1) is 0 Å². The molecule has 0 saturated heterocycles. The van der Waals surface area contributed by atoms with Gasteiger partial charge in [0.2, 0.25) is 0 Å². The molecule has 6 heteroatoms. The van der Waals surface area contributed by atoms with Crippen LogP contribution in [-0.4, -0.2) is 41.3 Å². The molecule has 1 aliphatic rings.